The van der Waals surface area contributed by atoms with E-state index in [1.54, 1.807) is 29.7 Å². The van der Waals surface area contributed by atoms with Crippen LogP contribution in [0.4, 0.5) is 0 Å². The van der Waals surface area contributed by atoms with Gasteiger partial charge in [-0.25, -0.2) is 14.9 Å². The first-order chi connectivity index (χ1) is 9.02. The lowest BCUT2D eigenvalue weighted by molar-refractivity contribution is -0.525. The normalized spacial score (nSPS) is 11.3. The maximum Gasteiger partial charge on any atom is 0.337 e. The van der Waals surface area contributed by atoms with Crippen LogP contribution in [0.25, 0.3) is 0 Å². The molecule has 0 radical (unpaired) electrons. The summed E-state index contributed by atoms with van der Waals surface area (Å²) < 4.78 is 4.54. The van der Waals surface area contributed by atoms with E-state index in [-0.39, 0.29) is 0 Å². The fourth-order valence-electron chi connectivity index (χ4n) is 1.10. The van der Waals surface area contributed by atoms with E-state index in [9.17, 15) is 14.9 Å². The lowest BCUT2D eigenvalue weighted by atomic mass is 10.1. The van der Waals surface area contributed by atoms with Crippen molar-refractivity contribution >= 4 is 18.1 Å². The van der Waals surface area contributed by atoms with Crippen LogP contribution in [0.5, 0.6) is 0 Å². The number of nitrogens with one attached hydrogen (secondary N) is 1. The molecule has 19 heavy (non-hydrogen) atoms. The van der Waals surface area contributed by atoms with Crippen LogP contribution >= 0.6 is 0 Å². The van der Waals surface area contributed by atoms with E-state index in [1.807, 2.05) is 0 Å². The molecule has 0 aliphatic rings. The van der Waals surface area contributed by atoms with Crippen molar-refractivity contribution in [3.05, 3.63) is 45.5 Å². The lowest BCUT2D eigenvalue weighted by Gasteiger charge is -1.98. The Bertz CT molecular complexity index is 523. The summed E-state index contributed by atoms with van der Waals surface area (Å²) in [7, 11) is 1.29. The zero-order valence-corrected chi connectivity index (χ0v) is 9.94. The van der Waals surface area contributed by atoms with Crippen LogP contribution in [0.3, 0.4) is 0 Å². The molecule has 3 N–H and O–H groups in total. The summed E-state index contributed by atoms with van der Waals surface area (Å²) >= 11 is 0. The topological polar surface area (TPSA) is 132 Å². The van der Waals surface area contributed by atoms with Crippen molar-refractivity contribution in [2.45, 2.75) is 0 Å². The molecule has 0 heterocycles. The summed E-state index contributed by atoms with van der Waals surface area (Å²) in [5.41, 5.74) is 7.82. The molecule has 0 amide bonds. The number of esters is 1. The maximum absolute atomic E-state index is 11.2. The monoisotopic (exact) mass is 265 g/mol. The minimum atomic E-state index is -0.848. The molecule has 9 heteroatoms. The standard InChI is InChI=1S/C10H11N5O4/c1-19-9(16)8-4-2-7(3-5-8)6-12-13-10(11)14-15(17)18/h2-6H,1H3,(H3,11,13,14)/b12-6+. The van der Waals surface area contributed by atoms with Gasteiger partial charge in [0.1, 0.15) is 0 Å². The van der Waals surface area contributed by atoms with Gasteiger partial charge in [-0.05, 0) is 17.7 Å². The molecule has 0 saturated carbocycles. The number of benzene rings is 1. The van der Waals surface area contributed by atoms with E-state index >= 15 is 0 Å². The van der Waals surface area contributed by atoms with Crippen molar-refractivity contribution in [3.63, 3.8) is 0 Å². The second-order valence-corrected chi connectivity index (χ2v) is 3.21. The predicted octanol–water partition coefficient (Wildman–Crippen LogP) is -0.0969. The number of nitro groups is 1. The number of nitrogens with zero attached hydrogens (tertiary/aromatic N) is 3. The highest BCUT2D eigenvalue weighted by molar-refractivity contribution is 5.90. The Morgan fingerprint density at radius 3 is 2.63 bits per heavy atom. The summed E-state index contributed by atoms with van der Waals surface area (Å²) in [4.78, 5) is 21.2. The molecule has 0 spiro atoms. The van der Waals surface area contributed by atoms with Gasteiger partial charge in [0, 0.05) is 0 Å². The Hall–Kier alpha value is -2.97. The number of guanidine groups is 1. The number of ether oxygens (including phenoxy) is 1. The van der Waals surface area contributed by atoms with Crippen molar-refractivity contribution < 1.29 is 14.6 Å². The Morgan fingerprint density at radius 1 is 1.47 bits per heavy atom. The van der Waals surface area contributed by atoms with Crippen molar-refractivity contribution in [3.8, 4) is 0 Å². The predicted molar refractivity (Wildman–Crippen MR) is 67.1 cm³/mol. The Balaban J connectivity index is 2.67. The third kappa shape index (κ3) is 4.81. The SMILES string of the molecule is COC(=O)c1ccc(/C=N/N=C(\N)N[N+](=O)[O-])cc1. The van der Waals surface area contributed by atoms with E-state index in [2.05, 4.69) is 14.9 Å². The second-order valence-electron chi connectivity index (χ2n) is 3.21. The smallest absolute Gasteiger partial charge is 0.337 e. The molecular formula is C10H11N5O4. The van der Waals surface area contributed by atoms with Gasteiger partial charge in [-0.3, -0.25) is 0 Å². The highest BCUT2D eigenvalue weighted by atomic mass is 16.7. The summed E-state index contributed by atoms with van der Waals surface area (Å²) in [6, 6.07) is 6.33. The molecule has 0 fully saturated rings. The second kappa shape index (κ2) is 6.69. The van der Waals surface area contributed by atoms with E-state index in [1.165, 1.54) is 13.3 Å². The van der Waals surface area contributed by atoms with Crippen LogP contribution in [0.15, 0.2) is 34.5 Å². The summed E-state index contributed by atoms with van der Waals surface area (Å²) in [5, 5.41) is 16.1. The van der Waals surface area contributed by atoms with Gasteiger partial charge >= 0.3 is 5.97 Å². The van der Waals surface area contributed by atoms with Crippen LogP contribution < -0.4 is 11.2 Å². The molecule has 0 saturated heterocycles. The summed E-state index contributed by atoms with van der Waals surface area (Å²) in [6.45, 7) is 0. The molecule has 0 aliphatic heterocycles. The average Bonchev–Trinajstić information content (AvgIpc) is 2.37. The van der Waals surface area contributed by atoms with Gasteiger partial charge < -0.3 is 10.5 Å². The van der Waals surface area contributed by atoms with Gasteiger partial charge in [-0.2, -0.15) is 5.10 Å². The Morgan fingerprint density at radius 2 is 2.11 bits per heavy atom. The zero-order chi connectivity index (χ0) is 14.3. The molecule has 100 valence electrons. The van der Waals surface area contributed by atoms with Gasteiger partial charge in [0.15, 0.2) is 5.03 Å². The fourth-order valence-corrected chi connectivity index (χ4v) is 1.10. The van der Waals surface area contributed by atoms with Crippen molar-refractivity contribution in [2.75, 3.05) is 7.11 Å². The average molecular weight is 265 g/mol. The zero-order valence-electron chi connectivity index (χ0n) is 9.94. The number of hydrogen-bond donors (Lipinski definition) is 2. The highest BCUT2D eigenvalue weighted by Gasteiger charge is 2.03. The molecule has 1 aromatic rings. The van der Waals surface area contributed by atoms with Gasteiger partial charge in [0.05, 0.1) is 18.9 Å². The Kier molecular flexibility index (Phi) is 4.96. The van der Waals surface area contributed by atoms with Crippen LogP contribution in [0.2, 0.25) is 0 Å². The first-order valence-electron chi connectivity index (χ1n) is 4.99. The quantitative estimate of drug-likeness (QED) is 0.257. The van der Waals surface area contributed by atoms with Gasteiger partial charge in [0.2, 0.25) is 0 Å². The number of methoxy groups -OCH3 is 1. The van der Waals surface area contributed by atoms with Gasteiger partial charge in [-0.1, -0.05) is 17.6 Å². The van der Waals surface area contributed by atoms with E-state index in [4.69, 9.17) is 5.73 Å². The number of carbonyl (C=O) groups is 1. The minimum absolute atomic E-state index is 0.401. The highest BCUT2D eigenvalue weighted by Crippen LogP contribution is 2.03. The first-order valence-corrected chi connectivity index (χ1v) is 4.99. The Labute approximate surface area is 107 Å². The number of hydrazine groups is 1. The van der Waals surface area contributed by atoms with Crippen molar-refractivity contribution in [1.29, 1.82) is 0 Å². The fraction of sp³-hybridized carbons (Fsp3) is 0.100. The maximum atomic E-state index is 11.2. The third-order valence-electron chi connectivity index (χ3n) is 1.91. The van der Waals surface area contributed by atoms with Crippen LogP contribution in [-0.4, -0.2) is 30.3 Å². The lowest BCUT2D eigenvalue weighted by Crippen LogP contribution is -2.35. The van der Waals surface area contributed by atoms with Gasteiger partial charge in [0.25, 0.3) is 5.96 Å². The molecule has 1 aromatic carbocycles. The van der Waals surface area contributed by atoms with E-state index < -0.39 is 17.0 Å². The minimum Gasteiger partial charge on any atom is -0.465 e. The van der Waals surface area contributed by atoms with Crippen LogP contribution in [-0.2, 0) is 4.74 Å². The number of carbonyl (C=O) groups excluding carboxylic acids is 1. The molecule has 0 aliphatic carbocycles. The van der Waals surface area contributed by atoms with Gasteiger partial charge in [-0.15, -0.1) is 5.10 Å². The summed E-state index contributed by atoms with van der Waals surface area (Å²) in [6.07, 6.45) is 1.33. The van der Waals surface area contributed by atoms with Crippen molar-refractivity contribution in [2.24, 2.45) is 15.9 Å². The van der Waals surface area contributed by atoms with Crippen LogP contribution in [0, 0.1) is 10.1 Å². The summed E-state index contributed by atoms with van der Waals surface area (Å²) in [5.74, 6) is -0.881. The number of hydrogen-bond acceptors (Lipinski definition) is 6. The number of nitrogens with two attached hydrogens (primary N) is 1. The third-order valence-corrected chi connectivity index (χ3v) is 1.91. The molecule has 0 bridgehead atoms. The molecule has 0 aromatic heterocycles. The molecular weight excluding hydrogens is 254 g/mol. The molecule has 0 unspecified atom stereocenters. The molecule has 9 nitrogen and oxygen atoms in total. The van der Waals surface area contributed by atoms with Crippen molar-refractivity contribution in [1.82, 2.24) is 5.43 Å². The van der Waals surface area contributed by atoms with E-state index in [0.29, 0.717) is 11.1 Å². The number of rotatable bonds is 4. The van der Waals surface area contributed by atoms with Crippen LogP contribution in [0.1, 0.15) is 15.9 Å². The first kappa shape index (κ1) is 14.1. The van der Waals surface area contributed by atoms with E-state index in [0.717, 1.165) is 0 Å². The molecule has 1 rings (SSSR count). The largest absolute Gasteiger partial charge is 0.465 e. The molecule has 0 atom stereocenters.